The average molecular weight is 269 g/mol. The molecule has 0 saturated heterocycles. The lowest BCUT2D eigenvalue weighted by Gasteiger charge is -2.17. The molecule has 0 radical (unpaired) electrons. The van der Waals surface area contributed by atoms with E-state index in [0.29, 0.717) is 6.42 Å². The largest absolute Gasteiger partial charge is 0.388 e. The van der Waals surface area contributed by atoms with Crippen LogP contribution < -0.4 is 0 Å². The van der Waals surface area contributed by atoms with Crippen LogP contribution in [0.25, 0.3) is 0 Å². The molecule has 106 valence electrons. The second-order valence-electron chi connectivity index (χ2n) is 5.72. The molecule has 0 aliphatic carbocycles. The molecule has 0 spiro atoms. The van der Waals surface area contributed by atoms with Gasteiger partial charge in [-0.3, -0.25) is 4.98 Å². The molecule has 0 aliphatic heterocycles. The van der Waals surface area contributed by atoms with Crippen molar-refractivity contribution >= 4 is 0 Å². The zero-order valence-corrected chi connectivity index (χ0v) is 13.0. The van der Waals surface area contributed by atoms with Crippen molar-refractivity contribution in [3.05, 3.63) is 63.5 Å². The van der Waals surface area contributed by atoms with Crippen LogP contribution in [0.5, 0.6) is 0 Å². The number of hydrogen-bond donors (Lipinski definition) is 1. The highest BCUT2D eigenvalue weighted by atomic mass is 16.3. The van der Waals surface area contributed by atoms with Gasteiger partial charge in [0, 0.05) is 23.4 Å². The lowest BCUT2D eigenvalue weighted by molar-refractivity contribution is 0.177. The smallest absolute Gasteiger partial charge is 0.0848 e. The van der Waals surface area contributed by atoms with Crippen molar-refractivity contribution in [3.63, 3.8) is 0 Å². The highest BCUT2D eigenvalue weighted by Gasteiger charge is 2.15. The molecule has 0 amide bonds. The molecule has 2 rings (SSSR count). The van der Waals surface area contributed by atoms with Gasteiger partial charge in [0.05, 0.1) is 6.10 Å². The lowest BCUT2D eigenvalue weighted by atomic mass is 9.92. The fourth-order valence-corrected chi connectivity index (χ4v) is 2.88. The van der Waals surface area contributed by atoms with Gasteiger partial charge in [0.15, 0.2) is 0 Å². The van der Waals surface area contributed by atoms with Gasteiger partial charge in [0.2, 0.25) is 0 Å². The van der Waals surface area contributed by atoms with E-state index in [-0.39, 0.29) is 0 Å². The van der Waals surface area contributed by atoms with Gasteiger partial charge in [0.25, 0.3) is 0 Å². The maximum absolute atomic E-state index is 10.5. The summed E-state index contributed by atoms with van der Waals surface area (Å²) in [5.74, 6) is 0. The van der Waals surface area contributed by atoms with Gasteiger partial charge in [-0.05, 0) is 57.4 Å². The van der Waals surface area contributed by atoms with Crippen LogP contribution in [0.15, 0.2) is 24.3 Å². The zero-order valence-electron chi connectivity index (χ0n) is 13.0. The molecule has 1 aromatic heterocycles. The number of aliphatic hydroxyl groups is 1. The standard InChI is InChI=1S/C18H23NO/c1-11-8-12(2)17(13(3)9-11)10-18(20)16-7-6-14(4)19-15(16)5/h6-9,18,20H,10H2,1-5H3. The number of benzene rings is 1. The average Bonchev–Trinajstić information content (AvgIpc) is 2.33. The van der Waals surface area contributed by atoms with Crippen LogP contribution in [0.1, 0.15) is 45.3 Å². The third-order valence-electron chi connectivity index (χ3n) is 3.86. The molecule has 2 aromatic rings. The Morgan fingerprint density at radius 3 is 2.15 bits per heavy atom. The van der Waals surface area contributed by atoms with E-state index in [9.17, 15) is 5.11 Å². The molecule has 20 heavy (non-hydrogen) atoms. The molecule has 2 nitrogen and oxygen atoms in total. The van der Waals surface area contributed by atoms with Crippen LogP contribution in [0.4, 0.5) is 0 Å². The molecule has 1 unspecified atom stereocenters. The summed E-state index contributed by atoms with van der Waals surface area (Å²) in [5, 5.41) is 10.5. The summed E-state index contributed by atoms with van der Waals surface area (Å²) in [6, 6.07) is 8.30. The van der Waals surface area contributed by atoms with Crippen LogP contribution in [0.3, 0.4) is 0 Å². The molecule has 0 bridgehead atoms. The Kier molecular flexibility index (Phi) is 4.24. The maximum atomic E-state index is 10.5. The zero-order chi connectivity index (χ0) is 14.9. The van der Waals surface area contributed by atoms with Crippen LogP contribution in [-0.2, 0) is 6.42 Å². The summed E-state index contributed by atoms with van der Waals surface area (Å²) in [7, 11) is 0. The van der Waals surface area contributed by atoms with E-state index in [1.54, 1.807) is 0 Å². The predicted molar refractivity (Wildman–Crippen MR) is 83.0 cm³/mol. The van der Waals surface area contributed by atoms with E-state index in [1.165, 1.54) is 22.3 Å². The Bertz CT molecular complexity index is 608. The molecule has 1 aromatic carbocycles. The van der Waals surface area contributed by atoms with Crippen LogP contribution >= 0.6 is 0 Å². The quantitative estimate of drug-likeness (QED) is 0.916. The summed E-state index contributed by atoms with van der Waals surface area (Å²) in [5.41, 5.74) is 7.84. The van der Waals surface area contributed by atoms with E-state index in [2.05, 4.69) is 37.9 Å². The SMILES string of the molecule is Cc1cc(C)c(CC(O)c2ccc(C)nc2C)c(C)c1. The normalized spacial score (nSPS) is 12.5. The first kappa shape index (κ1) is 14.7. The van der Waals surface area contributed by atoms with Crippen molar-refractivity contribution in [1.82, 2.24) is 4.98 Å². The van der Waals surface area contributed by atoms with Gasteiger partial charge in [-0.25, -0.2) is 0 Å². The Labute approximate surface area is 121 Å². The van der Waals surface area contributed by atoms with E-state index in [1.807, 2.05) is 26.0 Å². The molecule has 1 N–H and O–H groups in total. The first-order chi connectivity index (χ1) is 9.38. The topological polar surface area (TPSA) is 33.1 Å². The van der Waals surface area contributed by atoms with Gasteiger partial charge >= 0.3 is 0 Å². The second-order valence-corrected chi connectivity index (χ2v) is 5.72. The molecule has 0 fully saturated rings. The van der Waals surface area contributed by atoms with Gasteiger partial charge in [0.1, 0.15) is 0 Å². The Hall–Kier alpha value is -1.67. The molecular formula is C18H23NO. The number of hydrogen-bond acceptors (Lipinski definition) is 2. The number of aliphatic hydroxyl groups excluding tert-OH is 1. The Morgan fingerprint density at radius 2 is 1.60 bits per heavy atom. The third kappa shape index (κ3) is 3.07. The molecule has 0 aliphatic rings. The highest BCUT2D eigenvalue weighted by Crippen LogP contribution is 2.25. The van der Waals surface area contributed by atoms with Gasteiger partial charge < -0.3 is 5.11 Å². The van der Waals surface area contributed by atoms with Gasteiger partial charge in [-0.15, -0.1) is 0 Å². The van der Waals surface area contributed by atoms with Gasteiger partial charge in [-0.1, -0.05) is 23.8 Å². The Morgan fingerprint density at radius 1 is 1.00 bits per heavy atom. The first-order valence-electron chi connectivity index (χ1n) is 7.07. The fourth-order valence-electron chi connectivity index (χ4n) is 2.88. The Balaban J connectivity index is 2.30. The highest BCUT2D eigenvalue weighted by molar-refractivity contribution is 5.39. The minimum atomic E-state index is -0.497. The number of aromatic nitrogens is 1. The number of aryl methyl sites for hydroxylation is 5. The number of nitrogens with zero attached hydrogens (tertiary/aromatic N) is 1. The number of rotatable bonds is 3. The maximum Gasteiger partial charge on any atom is 0.0848 e. The minimum Gasteiger partial charge on any atom is -0.388 e. The summed E-state index contributed by atoms with van der Waals surface area (Å²) < 4.78 is 0. The van der Waals surface area contributed by atoms with Crippen molar-refractivity contribution < 1.29 is 5.11 Å². The third-order valence-corrected chi connectivity index (χ3v) is 3.86. The van der Waals surface area contributed by atoms with Crippen LogP contribution in [-0.4, -0.2) is 10.1 Å². The summed E-state index contributed by atoms with van der Waals surface area (Å²) in [6.07, 6.45) is 0.145. The predicted octanol–water partition coefficient (Wildman–Crippen LogP) is 3.90. The van der Waals surface area contributed by atoms with Crippen LogP contribution in [0, 0.1) is 34.6 Å². The first-order valence-corrected chi connectivity index (χ1v) is 7.07. The van der Waals surface area contributed by atoms with Crippen molar-refractivity contribution in [1.29, 1.82) is 0 Å². The lowest BCUT2D eigenvalue weighted by Crippen LogP contribution is -2.08. The van der Waals surface area contributed by atoms with Crippen LogP contribution in [0.2, 0.25) is 0 Å². The second kappa shape index (κ2) is 5.76. The number of pyridine rings is 1. The van der Waals surface area contributed by atoms with E-state index in [4.69, 9.17) is 0 Å². The minimum absolute atomic E-state index is 0.497. The van der Waals surface area contributed by atoms with Gasteiger partial charge in [-0.2, -0.15) is 0 Å². The molecule has 1 heterocycles. The van der Waals surface area contributed by atoms with Crippen molar-refractivity contribution in [2.75, 3.05) is 0 Å². The molecular weight excluding hydrogens is 246 g/mol. The summed E-state index contributed by atoms with van der Waals surface area (Å²) in [4.78, 5) is 4.44. The molecule has 0 saturated carbocycles. The van der Waals surface area contributed by atoms with E-state index < -0.39 is 6.10 Å². The van der Waals surface area contributed by atoms with Crippen molar-refractivity contribution in [3.8, 4) is 0 Å². The molecule has 2 heteroatoms. The molecule has 1 atom stereocenters. The fraction of sp³-hybridized carbons (Fsp3) is 0.389. The van der Waals surface area contributed by atoms with E-state index in [0.717, 1.165) is 17.0 Å². The summed E-state index contributed by atoms with van der Waals surface area (Å²) in [6.45, 7) is 10.3. The van der Waals surface area contributed by atoms with Crippen molar-refractivity contribution in [2.45, 2.75) is 47.1 Å². The van der Waals surface area contributed by atoms with Crippen molar-refractivity contribution in [2.24, 2.45) is 0 Å². The van der Waals surface area contributed by atoms with E-state index >= 15 is 0 Å². The summed E-state index contributed by atoms with van der Waals surface area (Å²) >= 11 is 0. The monoisotopic (exact) mass is 269 g/mol.